The second-order valence-electron chi connectivity index (χ2n) is 5.95. The molecule has 0 saturated carbocycles. The summed E-state index contributed by atoms with van der Waals surface area (Å²) in [5, 5.41) is 11.8. The molecular weight excluding hydrogens is 250 g/mol. The van der Waals surface area contributed by atoms with Crippen LogP contribution in [0.3, 0.4) is 0 Å². The summed E-state index contributed by atoms with van der Waals surface area (Å²) < 4.78 is 1.95. The van der Waals surface area contributed by atoms with E-state index in [-0.39, 0.29) is 0 Å². The Morgan fingerprint density at radius 1 is 1.30 bits per heavy atom. The zero-order valence-corrected chi connectivity index (χ0v) is 13.8. The van der Waals surface area contributed by atoms with E-state index < -0.39 is 0 Å². The van der Waals surface area contributed by atoms with Gasteiger partial charge in [0.15, 0.2) is 0 Å². The van der Waals surface area contributed by atoms with Crippen molar-refractivity contribution in [1.82, 2.24) is 25.2 Å². The molecule has 0 bridgehead atoms. The smallest absolute Gasteiger partial charge is 0.0964 e. The second-order valence-corrected chi connectivity index (χ2v) is 5.95. The molecule has 1 N–H and O–H groups in total. The second kappa shape index (κ2) is 9.08. The standard InChI is InChI=1S/C15H31N5/c1-6-15(7-2)19(5)8-9-20-12-14(17-18-20)11-16-10-13(3)4/h12-13,15-16H,6-11H2,1-5H3. The Balaban J connectivity index is 2.33. The Hall–Kier alpha value is -0.940. The van der Waals surface area contributed by atoms with Gasteiger partial charge in [0.25, 0.3) is 0 Å². The van der Waals surface area contributed by atoms with Gasteiger partial charge in [0.05, 0.1) is 12.2 Å². The highest BCUT2D eigenvalue weighted by atomic mass is 15.4. The van der Waals surface area contributed by atoms with Gasteiger partial charge in [0.2, 0.25) is 0 Å². The molecule has 0 fully saturated rings. The van der Waals surface area contributed by atoms with Crippen LogP contribution in [0.2, 0.25) is 0 Å². The van der Waals surface area contributed by atoms with Crippen LogP contribution in [-0.4, -0.2) is 46.1 Å². The van der Waals surface area contributed by atoms with E-state index in [1.54, 1.807) is 0 Å². The number of rotatable bonds is 10. The summed E-state index contributed by atoms with van der Waals surface area (Å²) in [4.78, 5) is 2.42. The van der Waals surface area contributed by atoms with Crippen LogP contribution in [0.4, 0.5) is 0 Å². The lowest BCUT2D eigenvalue weighted by Crippen LogP contribution is -2.33. The Morgan fingerprint density at radius 2 is 2.00 bits per heavy atom. The van der Waals surface area contributed by atoms with E-state index in [0.29, 0.717) is 12.0 Å². The van der Waals surface area contributed by atoms with Crippen molar-refractivity contribution in [2.75, 3.05) is 20.1 Å². The van der Waals surface area contributed by atoms with Crippen LogP contribution in [0.5, 0.6) is 0 Å². The van der Waals surface area contributed by atoms with E-state index >= 15 is 0 Å². The predicted octanol–water partition coefficient (Wildman–Crippen LogP) is 2.14. The lowest BCUT2D eigenvalue weighted by molar-refractivity contribution is 0.218. The fourth-order valence-corrected chi connectivity index (χ4v) is 2.37. The third-order valence-electron chi connectivity index (χ3n) is 3.69. The highest BCUT2D eigenvalue weighted by molar-refractivity contribution is 4.91. The SMILES string of the molecule is CCC(CC)N(C)CCn1cc(CNCC(C)C)nn1. The summed E-state index contributed by atoms with van der Waals surface area (Å²) in [6.45, 7) is 12.7. The number of hydrogen-bond acceptors (Lipinski definition) is 4. The Bertz CT molecular complexity index is 357. The molecule has 0 aliphatic rings. The fraction of sp³-hybridized carbons (Fsp3) is 0.867. The summed E-state index contributed by atoms with van der Waals surface area (Å²) in [5.41, 5.74) is 1.02. The van der Waals surface area contributed by atoms with E-state index in [1.165, 1.54) is 12.8 Å². The van der Waals surface area contributed by atoms with E-state index in [0.717, 1.165) is 31.9 Å². The van der Waals surface area contributed by atoms with E-state index in [9.17, 15) is 0 Å². The summed E-state index contributed by atoms with van der Waals surface area (Å²) in [6, 6.07) is 0.672. The van der Waals surface area contributed by atoms with E-state index in [1.807, 2.05) is 10.9 Å². The zero-order chi connectivity index (χ0) is 15.0. The lowest BCUT2D eigenvalue weighted by atomic mass is 10.1. The topological polar surface area (TPSA) is 46.0 Å². The van der Waals surface area contributed by atoms with Gasteiger partial charge < -0.3 is 10.2 Å². The predicted molar refractivity (Wildman–Crippen MR) is 83.6 cm³/mol. The summed E-state index contributed by atoms with van der Waals surface area (Å²) in [5.74, 6) is 0.665. The summed E-state index contributed by atoms with van der Waals surface area (Å²) in [6.07, 6.45) is 4.46. The highest BCUT2D eigenvalue weighted by Crippen LogP contribution is 2.05. The Kier molecular flexibility index (Phi) is 7.77. The van der Waals surface area contributed by atoms with Gasteiger partial charge in [-0.15, -0.1) is 5.10 Å². The minimum absolute atomic E-state index is 0.665. The maximum absolute atomic E-state index is 4.21. The van der Waals surface area contributed by atoms with Crippen LogP contribution >= 0.6 is 0 Å². The first-order valence-corrected chi connectivity index (χ1v) is 7.86. The maximum atomic E-state index is 4.21. The van der Waals surface area contributed by atoms with Gasteiger partial charge in [-0.2, -0.15) is 0 Å². The van der Waals surface area contributed by atoms with Crippen LogP contribution < -0.4 is 5.32 Å². The van der Waals surface area contributed by atoms with Crippen molar-refractivity contribution in [3.8, 4) is 0 Å². The molecule has 0 aromatic carbocycles. The van der Waals surface area contributed by atoms with Crippen LogP contribution in [-0.2, 0) is 13.1 Å². The molecule has 0 atom stereocenters. The molecule has 0 amide bonds. The van der Waals surface area contributed by atoms with Crippen molar-refractivity contribution >= 4 is 0 Å². The highest BCUT2D eigenvalue weighted by Gasteiger charge is 2.10. The number of hydrogen-bond donors (Lipinski definition) is 1. The van der Waals surface area contributed by atoms with Crippen molar-refractivity contribution in [2.24, 2.45) is 5.92 Å². The van der Waals surface area contributed by atoms with Crippen LogP contribution in [0.15, 0.2) is 6.20 Å². The molecule has 0 saturated heterocycles. The van der Waals surface area contributed by atoms with Gasteiger partial charge in [-0.05, 0) is 32.4 Å². The molecule has 5 nitrogen and oxygen atoms in total. The van der Waals surface area contributed by atoms with E-state index in [2.05, 4.69) is 55.3 Å². The van der Waals surface area contributed by atoms with Crippen LogP contribution in [0.1, 0.15) is 46.2 Å². The molecule has 1 heterocycles. The average molecular weight is 281 g/mol. The van der Waals surface area contributed by atoms with E-state index in [4.69, 9.17) is 0 Å². The minimum Gasteiger partial charge on any atom is -0.311 e. The molecule has 20 heavy (non-hydrogen) atoms. The van der Waals surface area contributed by atoms with Crippen molar-refractivity contribution < 1.29 is 0 Å². The molecule has 0 radical (unpaired) electrons. The first kappa shape index (κ1) is 17.1. The molecule has 0 aliphatic carbocycles. The molecule has 0 aliphatic heterocycles. The van der Waals surface area contributed by atoms with Gasteiger partial charge in [0.1, 0.15) is 0 Å². The largest absolute Gasteiger partial charge is 0.311 e. The van der Waals surface area contributed by atoms with Gasteiger partial charge in [0, 0.05) is 25.3 Å². The molecular formula is C15H31N5. The fourth-order valence-electron chi connectivity index (χ4n) is 2.37. The first-order chi connectivity index (χ1) is 9.56. The molecule has 5 heteroatoms. The minimum atomic E-state index is 0.665. The summed E-state index contributed by atoms with van der Waals surface area (Å²) >= 11 is 0. The molecule has 116 valence electrons. The molecule has 0 spiro atoms. The maximum Gasteiger partial charge on any atom is 0.0964 e. The van der Waals surface area contributed by atoms with Crippen molar-refractivity contribution in [3.63, 3.8) is 0 Å². The molecule has 1 aromatic rings. The van der Waals surface area contributed by atoms with Crippen molar-refractivity contribution in [1.29, 1.82) is 0 Å². The number of nitrogens with zero attached hydrogens (tertiary/aromatic N) is 4. The quantitative estimate of drug-likeness (QED) is 0.714. The number of nitrogens with one attached hydrogen (secondary N) is 1. The van der Waals surface area contributed by atoms with Crippen LogP contribution in [0, 0.1) is 5.92 Å². The number of likely N-dealkylation sites (N-methyl/N-ethyl adjacent to an activating group) is 1. The monoisotopic (exact) mass is 281 g/mol. The Morgan fingerprint density at radius 3 is 2.60 bits per heavy atom. The molecule has 1 aromatic heterocycles. The van der Waals surface area contributed by atoms with Gasteiger partial charge >= 0.3 is 0 Å². The van der Waals surface area contributed by atoms with Gasteiger partial charge in [-0.3, -0.25) is 4.68 Å². The average Bonchev–Trinajstić information content (AvgIpc) is 2.85. The van der Waals surface area contributed by atoms with Crippen molar-refractivity contribution in [3.05, 3.63) is 11.9 Å². The lowest BCUT2D eigenvalue weighted by Gasteiger charge is -2.25. The molecule has 1 rings (SSSR count). The zero-order valence-electron chi connectivity index (χ0n) is 13.8. The third-order valence-corrected chi connectivity index (χ3v) is 3.69. The normalized spacial score (nSPS) is 12.0. The van der Waals surface area contributed by atoms with Crippen molar-refractivity contribution in [2.45, 2.75) is 59.7 Å². The van der Waals surface area contributed by atoms with Crippen LogP contribution in [0.25, 0.3) is 0 Å². The first-order valence-electron chi connectivity index (χ1n) is 7.86. The summed E-state index contributed by atoms with van der Waals surface area (Å²) in [7, 11) is 2.19. The molecule has 0 unspecified atom stereocenters. The van der Waals surface area contributed by atoms with Gasteiger partial charge in [-0.25, -0.2) is 0 Å². The number of aromatic nitrogens is 3. The van der Waals surface area contributed by atoms with Gasteiger partial charge in [-0.1, -0.05) is 32.9 Å². The third kappa shape index (κ3) is 6.01. The Labute approximate surface area is 123 Å².